The van der Waals surface area contributed by atoms with Crippen molar-refractivity contribution < 1.29 is 9.15 Å². The first-order valence-corrected chi connectivity index (χ1v) is 7.29. The van der Waals surface area contributed by atoms with Gasteiger partial charge in [0.1, 0.15) is 5.75 Å². The molecule has 0 spiro atoms. The molecule has 0 fully saturated rings. The van der Waals surface area contributed by atoms with Crippen LogP contribution in [-0.2, 0) is 12.8 Å². The van der Waals surface area contributed by atoms with Crippen molar-refractivity contribution >= 4 is 0 Å². The summed E-state index contributed by atoms with van der Waals surface area (Å²) in [6.45, 7) is 4.25. The summed E-state index contributed by atoms with van der Waals surface area (Å²) in [5.41, 5.74) is 7.25. The first-order valence-electron chi connectivity index (χ1n) is 7.29. The van der Waals surface area contributed by atoms with Crippen LogP contribution in [0.4, 0.5) is 0 Å². The molecule has 0 aliphatic carbocycles. The predicted molar refractivity (Wildman–Crippen MR) is 81.1 cm³/mol. The molecule has 1 aromatic heterocycles. The van der Waals surface area contributed by atoms with Crippen molar-refractivity contribution in [3.63, 3.8) is 0 Å². The Balaban J connectivity index is 1.90. The molecule has 21 heavy (non-hydrogen) atoms. The van der Waals surface area contributed by atoms with E-state index in [1.807, 2.05) is 24.3 Å². The Labute approximate surface area is 125 Å². The van der Waals surface area contributed by atoms with Crippen LogP contribution < -0.4 is 10.5 Å². The van der Waals surface area contributed by atoms with E-state index in [0.717, 1.165) is 18.6 Å². The van der Waals surface area contributed by atoms with Gasteiger partial charge in [0.25, 0.3) is 0 Å². The molecule has 1 atom stereocenters. The van der Waals surface area contributed by atoms with E-state index in [2.05, 4.69) is 24.0 Å². The number of methoxy groups -OCH3 is 1. The lowest BCUT2D eigenvalue weighted by Gasteiger charge is -2.08. The van der Waals surface area contributed by atoms with Crippen molar-refractivity contribution in [1.29, 1.82) is 0 Å². The van der Waals surface area contributed by atoms with Crippen molar-refractivity contribution in [3.8, 4) is 5.75 Å². The first-order chi connectivity index (χ1) is 10.1. The van der Waals surface area contributed by atoms with Crippen LogP contribution in [0.15, 0.2) is 28.7 Å². The molecule has 2 rings (SSSR count). The Morgan fingerprint density at radius 3 is 2.48 bits per heavy atom. The van der Waals surface area contributed by atoms with Crippen LogP contribution in [0.2, 0.25) is 0 Å². The van der Waals surface area contributed by atoms with Gasteiger partial charge in [0.15, 0.2) is 0 Å². The average Bonchev–Trinajstić information content (AvgIpc) is 2.94. The number of aromatic nitrogens is 2. The minimum atomic E-state index is -0.174. The molecular weight excluding hydrogens is 266 g/mol. The zero-order chi connectivity index (χ0) is 15.2. The SMILES string of the molecule is COc1ccc(CCc2nnc(C(N)CC(C)C)o2)cc1. The topological polar surface area (TPSA) is 74.2 Å². The first kappa shape index (κ1) is 15.5. The minimum Gasteiger partial charge on any atom is -0.497 e. The van der Waals surface area contributed by atoms with Gasteiger partial charge < -0.3 is 14.9 Å². The van der Waals surface area contributed by atoms with Gasteiger partial charge in [0, 0.05) is 6.42 Å². The predicted octanol–water partition coefficient (Wildman–Crippen LogP) is 2.91. The summed E-state index contributed by atoms with van der Waals surface area (Å²) in [7, 11) is 1.66. The molecule has 0 aliphatic heterocycles. The summed E-state index contributed by atoms with van der Waals surface area (Å²) in [6, 6.07) is 7.81. The second kappa shape index (κ2) is 7.22. The van der Waals surface area contributed by atoms with E-state index < -0.39 is 0 Å². The van der Waals surface area contributed by atoms with Crippen LogP contribution in [0.1, 0.15) is 43.7 Å². The smallest absolute Gasteiger partial charge is 0.233 e. The fourth-order valence-electron chi connectivity index (χ4n) is 2.17. The third kappa shape index (κ3) is 4.56. The van der Waals surface area contributed by atoms with Gasteiger partial charge in [-0.05, 0) is 36.5 Å². The molecular formula is C16H23N3O2. The second-order valence-electron chi connectivity index (χ2n) is 5.62. The minimum absolute atomic E-state index is 0.174. The highest BCUT2D eigenvalue weighted by Gasteiger charge is 2.15. The maximum absolute atomic E-state index is 6.04. The molecule has 1 unspecified atom stereocenters. The number of hydrogen-bond acceptors (Lipinski definition) is 5. The Morgan fingerprint density at radius 2 is 1.86 bits per heavy atom. The molecule has 1 aromatic carbocycles. The number of nitrogens with zero attached hydrogens (tertiary/aromatic N) is 2. The molecule has 114 valence electrons. The molecule has 0 saturated heterocycles. The van der Waals surface area contributed by atoms with E-state index in [9.17, 15) is 0 Å². The van der Waals surface area contributed by atoms with Crippen molar-refractivity contribution in [1.82, 2.24) is 10.2 Å². The number of hydrogen-bond donors (Lipinski definition) is 1. The van der Waals surface area contributed by atoms with E-state index in [1.165, 1.54) is 5.56 Å². The van der Waals surface area contributed by atoms with Crippen LogP contribution in [0.5, 0.6) is 5.75 Å². The van der Waals surface area contributed by atoms with Crippen molar-refractivity contribution in [3.05, 3.63) is 41.6 Å². The highest BCUT2D eigenvalue weighted by Crippen LogP contribution is 2.18. The van der Waals surface area contributed by atoms with Crippen molar-refractivity contribution in [2.75, 3.05) is 7.11 Å². The van der Waals surface area contributed by atoms with Gasteiger partial charge in [-0.3, -0.25) is 0 Å². The quantitative estimate of drug-likeness (QED) is 0.848. The number of aryl methyl sites for hydroxylation is 2. The summed E-state index contributed by atoms with van der Waals surface area (Å²) < 4.78 is 10.8. The zero-order valence-corrected chi connectivity index (χ0v) is 12.9. The Bertz CT molecular complexity index is 549. The molecule has 5 heteroatoms. The van der Waals surface area contributed by atoms with Gasteiger partial charge in [-0.25, -0.2) is 0 Å². The molecule has 2 aromatic rings. The van der Waals surface area contributed by atoms with Gasteiger partial charge in [0.2, 0.25) is 11.8 Å². The van der Waals surface area contributed by atoms with E-state index in [1.54, 1.807) is 7.11 Å². The average molecular weight is 289 g/mol. The van der Waals surface area contributed by atoms with E-state index >= 15 is 0 Å². The third-order valence-corrected chi connectivity index (χ3v) is 3.31. The zero-order valence-electron chi connectivity index (χ0n) is 12.9. The summed E-state index contributed by atoms with van der Waals surface area (Å²) in [5, 5.41) is 8.12. The maximum Gasteiger partial charge on any atom is 0.233 e. The number of benzene rings is 1. The molecule has 0 aliphatic rings. The van der Waals surface area contributed by atoms with Crippen molar-refractivity contribution in [2.45, 2.75) is 39.2 Å². The highest BCUT2D eigenvalue weighted by atomic mass is 16.5. The van der Waals surface area contributed by atoms with Gasteiger partial charge in [-0.1, -0.05) is 26.0 Å². The van der Waals surface area contributed by atoms with Gasteiger partial charge in [0.05, 0.1) is 13.2 Å². The monoisotopic (exact) mass is 289 g/mol. The molecule has 2 N–H and O–H groups in total. The Kier molecular flexibility index (Phi) is 5.33. The highest BCUT2D eigenvalue weighted by molar-refractivity contribution is 5.27. The van der Waals surface area contributed by atoms with Gasteiger partial charge >= 0.3 is 0 Å². The lowest BCUT2D eigenvalue weighted by atomic mass is 10.0. The Morgan fingerprint density at radius 1 is 1.14 bits per heavy atom. The van der Waals surface area contributed by atoms with Crippen LogP contribution in [0, 0.1) is 5.92 Å². The largest absolute Gasteiger partial charge is 0.497 e. The third-order valence-electron chi connectivity index (χ3n) is 3.31. The normalized spacial score (nSPS) is 12.6. The summed E-state index contributed by atoms with van der Waals surface area (Å²) >= 11 is 0. The van der Waals surface area contributed by atoms with Crippen LogP contribution in [0.25, 0.3) is 0 Å². The van der Waals surface area contributed by atoms with Crippen LogP contribution in [-0.4, -0.2) is 17.3 Å². The standard InChI is InChI=1S/C16H23N3O2/c1-11(2)10-14(17)16-19-18-15(21-16)9-6-12-4-7-13(20-3)8-5-12/h4-5,7-8,11,14H,6,9-10,17H2,1-3H3. The van der Waals surface area contributed by atoms with Crippen LogP contribution in [0.3, 0.4) is 0 Å². The summed E-state index contributed by atoms with van der Waals surface area (Å²) in [6.07, 6.45) is 2.42. The molecule has 0 saturated carbocycles. The molecule has 0 bridgehead atoms. The molecule has 0 amide bonds. The Hall–Kier alpha value is -1.88. The number of ether oxygens (including phenoxy) is 1. The number of rotatable bonds is 7. The maximum atomic E-state index is 6.04. The number of nitrogens with two attached hydrogens (primary N) is 1. The molecule has 1 heterocycles. The van der Waals surface area contributed by atoms with Gasteiger partial charge in [-0.2, -0.15) is 0 Å². The van der Waals surface area contributed by atoms with Crippen LogP contribution >= 0.6 is 0 Å². The lowest BCUT2D eigenvalue weighted by Crippen LogP contribution is -2.13. The molecule has 5 nitrogen and oxygen atoms in total. The fourth-order valence-corrected chi connectivity index (χ4v) is 2.17. The fraction of sp³-hybridized carbons (Fsp3) is 0.500. The van der Waals surface area contributed by atoms with Gasteiger partial charge in [-0.15, -0.1) is 10.2 Å². The molecule has 0 radical (unpaired) electrons. The summed E-state index contributed by atoms with van der Waals surface area (Å²) in [4.78, 5) is 0. The second-order valence-corrected chi connectivity index (χ2v) is 5.62. The van der Waals surface area contributed by atoms with E-state index in [-0.39, 0.29) is 6.04 Å². The summed E-state index contributed by atoms with van der Waals surface area (Å²) in [5.74, 6) is 2.54. The van der Waals surface area contributed by atoms with Crippen molar-refractivity contribution in [2.24, 2.45) is 11.7 Å². The van der Waals surface area contributed by atoms with E-state index in [0.29, 0.717) is 24.1 Å². The lowest BCUT2D eigenvalue weighted by molar-refractivity contribution is 0.383. The van der Waals surface area contributed by atoms with E-state index in [4.69, 9.17) is 14.9 Å².